The van der Waals surface area contributed by atoms with Gasteiger partial charge >= 0.3 is 0 Å². The van der Waals surface area contributed by atoms with Gasteiger partial charge in [-0.3, -0.25) is 15.0 Å². The van der Waals surface area contributed by atoms with E-state index in [0.29, 0.717) is 29.2 Å². The Hall–Kier alpha value is -2.74. The van der Waals surface area contributed by atoms with Gasteiger partial charge < -0.3 is 15.0 Å². The molecule has 3 heterocycles. The molecule has 8 heteroatoms. The maximum Gasteiger partial charge on any atom is 0.266 e. The van der Waals surface area contributed by atoms with E-state index in [1.165, 1.54) is 0 Å². The number of nitrogens with one attached hydrogen (secondary N) is 2. The fraction of sp³-hybridized carbons (Fsp3) is 0.391. The minimum Gasteiger partial charge on any atom is -0.478 e. The largest absolute Gasteiger partial charge is 0.478 e. The zero-order valence-electron chi connectivity index (χ0n) is 18.1. The summed E-state index contributed by atoms with van der Waals surface area (Å²) in [5.41, 5.74) is 3.18. The van der Waals surface area contributed by atoms with Gasteiger partial charge in [0.2, 0.25) is 0 Å². The van der Waals surface area contributed by atoms with E-state index < -0.39 is 6.10 Å². The Labute approximate surface area is 192 Å². The van der Waals surface area contributed by atoms with Crippen LogP contribution in [0.4, 0.5) is 5.69 Å². The molecule has 1 amide bonds. The van der Waals surface area contributed by atoms with E-state index in [0.717, 1.165) is 17.7 Å². The summed E-state index contributed by atoms with van der Waals surface area (Å²) in [4.78, 5) is 31.6. The number of pyridine rings is 1. The van der Waals surface area contributed by atoms with Gasteiger partial charge in [0.1, 0.15) is 17.3 Å². The Balaban J connectivity index is 0.00000272. The van der Waals surface area contributed by atoms with Crippen molar-refractivity contribution in [1.82, 2.24) is 9.88 Å². The van der Waals surface area contributed by atoms with Gasteiger partial charge in [0.25, 0.3) is 5.91 Å². The summed E-state index contributed by atoms with van der Waals surface area (Å²) >= 11 is 0. The average molecular weight is 487 g/mol. The van der Waals surface area contributed by atoms with Crippen LogP contribution < -0.4 is 10.1 Å². The van der Waals surface area contributed by atoms with Crippen molar-refractivity contribution in [2.75, 3.05) is 11.9 Å². The predicted octanol–water partition coefficient (Wildman–Crippen LogP) is 3.99. The van der Waals surface area contributed by atoms with E-state index in [1.54, 1.807) is 23.1 Å². The number of hydrogen-bond acceptors (Lipinski definition) is 5. The number of ketones is 1. The van der Waals surface area contributed by atoms with Gasteiger partial charge in [0, 0.05) is 28.8 Å². The third kappa shape index (κ3) is 4.35. The number of amidine groups is 1. The summed E-state index contributed by atoms with van der Waals surface area (Å²) in [6.45, 7) is 8.44. The molecule has 164 valence electrons. The lowest BCUT2D eigenvalue weighted by Crippen LogP contribution is -2.45. The Kier molecular flexibility index (Phi) is 6.23. The van der Waals surface area contributed by atoms with Crippen molar-refractivity contribution in [2.24, 2.45) is 5.41 Å². The van der Waals surface area contributed by atoms with Crippen LogP contribution >= 0.6 is 17.0 Å². The standard InChI is InChI=1S/C23H26N4O3.BrH/c1-5-15-8-6-14-11-27(21(24)19(14)25-15)12-17(28)13-7-9-18-16(10-13)26-22(29)20(30-18)23(2,3)4;/h6-10,20,24H,5,11-12H2,1-4H3,(H,26,29);1H. The first-order valence-corrected chi connectivity index (χ1v) is 10.1. The number of fused-ring (bicyclic) bond motifs is 2. The molecule has 0 saturated carbocycles. The summed E-state index contributed by atoms with van der Waals surface area (Å²) in [7, 11) is 0. The van der Waals surface area contributed by atoms with Crippen LogP contribution in [0.15, 0.2) is 30.3 Å². The zero-order valence-corrected chi connectivity index (χ0v) is 19.8. The first-order chi connectivity index (χ1) is 14.2. The van der Waals surface area contributed by atoms with E-state index in [1.807, 2.05) is 39.8 Å². The van der Waals surface area contributed by atoms with E-state index in [9.17, 15) is 9.59 Å². The minimum absolute atomic E-state index is 0. The number of hydrogen-bond donors (Lipinski definition) is 2. The van der Waals surface area contributed by atoms with Crippen molar-refractivity contribution >= 4 is 40.2 Å². The van der Waals surface area contributed by atoms with Gasteiger partial charge in [0.05, 0.1) is 12.2 Å². The molecule has 1 aromatic heterocycles. The summed E-state index contributed by atoms with van der Waals surface area (Å²) in [5, 5.41) is 11.3. The summed E-state index contributed by atoms with van der Waals surface area (Å²) in [5.74, 6) is 0.493. The van der Waals surface area contributed by atoms with Crippen LogP contribution in [0.1, 0.15) is 55.0 Å². The Morgan fingerprint density at radius 3 is 2.71 bits per heavy atom. The third-order valence-electron chi connectivity index (χ3n) is 5.46. The fourth-order valence-corrected chi connectivity index (χ4v) is 3.74. The van der Waals surface area contributed by atoms with Gasteiger partial charge in [0.15, 0.2) is 11.9 Å². The number of anilines is 1. The van der Waals surface area contributed by atoms with Crippen LogP contribution in [0.25, 0.3) is 0 Å². The highest BCUT2D eigenvalue weighted by Crippen LogP contribution is 2.36. The topological polar surface area (TPSA) is 95.4 Å². The first-order valence-electron chi connectivity index (χ1n) is 10.1. The van der Waals surface area contributed by atoms with E-state index >= 15 is 0 Å². The van der Waals surface area contributed by atoms with Crippen LogP contribution in [-0.2, 0) is 17.8 Å². The number of nitrogens with zero attached hydrogens (tertiary/aromatic N) is 2. The van der Waals surface area contributed by atoms with Crippen molar-refractivity contribution in [3.63, 3.8) is 0 Å². The maximum absolute atomic E-state index is 12.9. The van der Waals surface area contributed by atoms with Crippen LogP contribution in [-0.4, -0.2) is 40.1 Å². The molecule has 1 atom stereocenters. The molecular formula is C23H27BrN4O3. The number of carbonyl (C=O) groups excluding carboxylic acids is 2. The van der Waals surface area contributed by atoms with Gasteiger partial charge in [-0.2, -0.15) is 0 Å². The highest BCUT2D eigenvalue weighted by Gasteiger charge is 2.37. The van der Waals surface area contributed by atoms with Crippen molar-refractivity contribution in [2.45, 2.75) is 46.8 Å². The fourth-order valence-electron chi connectivity index (χ4n) is 3.74. The molecule has 31 heavy (non-hydrogen) atoms. The molecule has 0 radical (unpaired) electrons. The number of Topliss-reactive ketones (excluding diaryl/α,β-unsaturated/α-hetero) is 1. The number of halogens is 1. The van der Waals surface area contributed by atoms with Crippen molar-refractivity contribution in [3.05, 3.63) is 52.8 Å². The number of ether oxygens (including phenoxy) is 1. The Bertz CT molecular complexity index is 1060. The lowest BCUT2D eigenvalue weighted by atomic mass is 9.87. The maximum atomic E-state index is 12.9. The van der Waals surface area contributed by atoms with E-state index in [-0.39, 0.29) is 46.5 Å². The summed E-state index contributed by atoms with van der Waals surface area (Å²) in [6, 6.07) is 9.03. The van der Waals surface area contributed by atoms with Crippen molar-refractivity contribution < 1.29 is 14.3 Å². The van der Waals surface area contributed by atoms with Crippen LogP contribution in [0, 0.1) is 10.8 Å². The molecule has 0 spiro atoms. The molecule has 1 aromatic carbocycles. The third-order valence-corrected chi connectivity index (χ3v) is 5.46. The predicted molar refractivity (Wildman–Crippen MR) is 124 cm³/mol. The molecule has 2 N–H and O–H groups in total. The molecule has 0 bridgehead atoms. The van der Waals surface area contributed by atoms with Gasteiger partial charge in [-0.1, -0.05) is 33.8 Å². The van der Waals surface area contributed by atoms with Crippen LogP contribution in [0.2, 0.25) is 0 Å². The van der Waals surface area contributed by atoms with E-state index in [2.05, 4.69) is 10.3 Å². The SMILES string of the molecule is Br.CCc1ccc2c(n1)C(=N)N(CC(=O)c1ccc3c(c1)NC(=O)C(C(C)(C)C)O3)C2. The number of benzene rings is 1. The second-order valence-electron chi connectivity index (χ2n) is 8.86. The molecule has 0 fully saturated rings. The second kappa shape index (κ2) is 8.42. The Morgan fingerprint density at radius 2 is 2.03 bits per heavy atom. The normalized spacial score (nSPS) is 17.3. The molecule has 4 rings (SSSR count). The molecule has 2 aliphatic rings. The zero-order chi connectivity index (χ0) is 21.6. The van der Waals surface area contributed by atoms with E-state index in [4.69, 9.17) is 10.1 Å². The minimum atomic E-state index is -0.587. The number of rotatable bonds is 4. The lowest BCUT2D eigenvalue weighted by molar-refractivity contribution is -0.128. The van der Waals surface area contributed by atoms with Crippen molar-refractivity contribution in [3.8, 4) is 5.75 Å². The van der Waals surface area contributed by atoms with Crippen LogP contribution in [0.3, 0.4) is 0 Å². The molecule has 0 aliphatic carbocycles. The molecular weight excluding hydrogens is 460 g/mol. The molecule has 7 nitrogen and oxygen atoms in total. The monoisotopic (exact) mass is 486 g/mol. The molecule has 0 saturated heterocycles. The van der Waals surface area contributed by atoms with Gasteiger partial charge in [-0.25, -0.2) is 4.98 Å². The highest BCUT2D eigenvalue weighted by atomic mass is 79.9. The average Bonchev–Trinajstić information content (AvgIpc) is 3.00. The Morgan fingerprint density at radius 1 is 1.29 bits per heavy atom. The second-order valence-corrected chi connectivity index (χ2v) is 8.86. The smallest absolute Gasteiger partial charge is 0.266 e. The quantitative estimate of drug-likeness (QED) is 0.636. The highest BCUT2D eigenvalue weighted by molar-refractivity contribution is 8.93. The number of carbonyl (C=O) groups is 2. The molecule has 2 aromatic rings. The number of aryl methyl sites for hydroxylation is 1. The van der Waals surface area contributed by atoms with Crippen molar-refractivity contribution in [1.29, 1.82) is 5.41 Å². The number of amides is 1. The molecule has 2 aliphatic heterocycles. The van der Waals surface area contributed by atoms with Crippen LogP contribution in [0.5, 0.6) is 5.75 Å². The summed E-state index contributed by atoms with van der Waals surface area (Å²) in [6.07, 6.45) is 0.217. The van der Waals surface area contributed by atoms with Gasteiger partial charge in [-0.05, 0) is 30.7 Å². The van der Waals surface area contributed by atoms with Gasteiger partial charge in [-0.15, -0.1) is 17.0 Å². The first kappa shape index (κ1) is 22.9. The number of aromatic nitrogens is 1. The summed E-state index contributed by atoms with van der Waals surface area (Å²) < 4.78 is 5.88. The lowest BCUT2D eigenvalue weighted by Gasteiger charge is -2.34. The molecule has 1 unspecified atom stereocenters.